The highest BCUT2D eigenvalue weighted by molar-refractivity contribution is 7.99. The molecule has 9 heteroatoms. The van der Waals surface area contributed by atoms with E-state index in [9.17, 15) is 0 Å². The van der Waals surface area contributed by atoms with Crippen molar-refractivity contribution in [3.05, 3.63) is 58.4 Å². The van der Waals surface area contributed by atoms with E-state index in [2.05, 4.69) is 14.7 Å². The fourth-order valence-corrected chi connectivity index (χ4v) is 4.76. The third-order valence-corrected chi connectivity index (χ3v) is 6.31. The SMILES string of the molecule is N#CC(=S)Nc1ccc(Sc2ccc(N=c3ssnc3Cl)cc2)cc1. The molecular formula is C16H9ClN4S4. The molecule has 1 N–H and O–H groups in total. The van der Waals surface area contributed by atoms with Gasteiger partial charge >= 0.3 is 0 Å². The van der Waals surface area contributed by atoms with Gasteiger partial charge in [0.05, 0.1) is 5.69 Å². The van der Waals surface area contributed by atoms with E-state index in [1.54, 1.807) is 11.8 Å². The van der Waals surface area contributed by atoms with Crippen molar-refractivity contribution >= 4 is 72.8 Å². The highest BCUT2D eigenvalue weighted by atomic mass is 35.5. The molecular weight excluding hydrogens is 412 g/mol. The van der Waals surface area contributed by atoms with Gasteiger partial charge in [0, 0.05) is 26.0 Å². The minimum atomic E-state index is 0.154. The van der Waals surface area contributed by atoms with Crippen LogP contribution in [0.15, 0.2) is 63.3 Å². The van der Waals surface area contributed by atoms with Crippen LogP contribution in [0.5, 0.6) is 0 Å². The van der Waals surface area contributed by atoms with E-state index in [1.807, 2.05) is 54.6 Å². The molecule has 0 unspecified atom stereocenters. The van der Waals surface area contributed by atoms with Gasteiger partial charge in [0.25, 0.3) is 0 Å². The first-order valence-electron chi connectivity index (χ1n) is 6.89. The summed E-state index contributed by atoms with van der Waals surface area (Å²) >= 11 is 12.4. The first kappa shape index (κ1) is 18.0. The highest BCUT2D eigenvalue weighted by Gasteiger charge is 2.01. The summed E-state index contributed by atoms with van der Waals surface area (Å²) in [5.41, 5.74) is 1.64. The van der Waals surface area contributed by atoms with E-state index in [0.717, 1.165) is 25.8 Å². The molecule has 0 saturated heterocycles. The van der Waals surface area contributed by atoms with Crippen LogP contribution in [0.1, 0.15) is 0 Å². The largest absolute Gasteiger partial charge is 0.338 e. The van der Waals surface area contributed by atoms with Gasteiger partial charge in [-0.2, -0.15) is 9.64 Å². The number of thiocarbonyl (C=S) groups is 1. The van der Waals surface area contributed by atoms with Gasteiger partial charge in [-0.05, 0) is 71.1 Å². The molecule has 0 radical (unpaired) electrons. The van der Waals surface area contributed by atoms with E-state index in [-0.39, 0.29) is 4.99 Å². The first-order valence-corrected chi connectivity index (χ1v) is 10.6. The monoisotopic (exact) mass is 420 g/mol. The number of hydrogen-bond donors (Lipinski definition) is 1. The van der Waals surface area contributed by atoms with Gasteiger partial charge in [-0.15, -0.1) is 0 Å². The summed E-state index contributed by atoms with van der Waals surface area (Å²) in [6.45, 7) is 0. The number of rotatable bonds is 4. The maximum atomic E-state index is 8.69. The predicted octanol–water partition coefficient (Wildman–Crippen LogP) is 5.50. The van der Waals surface area contributed by atoms with Crippen LogP contribution in [-0.2, 0) is 0 Å². The molecule has 0 saturated carbocycles. The minimum absolute atomic E-state index is 0.154. The van der Waals surface area contributed by atoms with Crippen molar-refractivity contribution in [3.8, 4) is 6.07 Å². The predicted molar refractivity (Wildman–Crippen MR) is 109 cm³/mol. The lowest BCUT2D eigenvalue weighted by Gasteiger charge is -2.05. The molecule has 0 spiro atoms. The Kier molecular flexibility index (Phi) is 6.18. The van der Waals surface area contributed by atoms with E-state index in [0.29, 0.717) is 5.15 Å². The second-order valence-corrected chi connectivity index (χ2v) is 8.39. The van der Waals surface area contributed by atoms with E-state index in [4.69, 9.17) is 29.1 Å². The number of nitriles is 1. The lowest BCUT2D eigenvalue weighted by atomic mass is 10.3. The fraction of sp³-hybridized carbons (Fsp3) is 0. The normalized spacial score (nSPS) is 11.1. The van der Waals surface area contributed by atoms with Crippen molar-refractivity contribution in [1.82, 2.24) is 4.37 Å². The Balaban J connectivity index is 1.68. The average Bonchev–Trinajstić information content (AvgIpc) is 3.03. The van der Waals surface area contributed by atoms with Crippen molar-refractivity contribution in [2.24, 2.45) is 4.99 Å². The van der Waals surface area contributed by atoms with Gasteiger partial charge in [0.2, 0.25) is 0 Å². The zero-order valence-corrected chi connectivity index (χ0v) is 16.5. The zero-order valence-electron chi connectivity index (χ0n) is 12.5. The van der Waals surface area contributed by atoms with E-state index in [1.165, 1.54) is 20.9 Å². The highest BCUT2D eigenvalue weighted by Crippen LogP contribution is 2.30. The minimum Gasteiger partial charge on any atom is -0.338 e. The van der Waals surface area contributed by atoms with Gasteiger partial charge in [-0.3, -0.25) is 0 Å². The molecule has 0 amide bonds. The summed E-state index contributed by atoms with van der Waals surface area (Å²) in [7, 11) is 2.78. The zero-order chi connectivity index (χ0) is 17.6. The lowest BCUT2D eigenvalue weighted by molar-refractivity contribution is 1.34. The number of hydrogen-bond acceptors (Lipinski definition) is 7. The van der Waals surface area contributed by atoms with Gasteiger partial charge in [-0.1, -0.05) is 23.4 Å². The van der Waals surface area contributed by atoms with E-state index < -0.39 is 0 Å². The number of anilines is 1. The Morgan fingerprint density at radius 2 is 1.80 bits per heavy atom. The molecule has 0 atom stereocenters. The second kappa shape index (κ2) is 8.56. The standard InChI is InChI=1S/C16H9ClN4S4/c17-15-16(24-25-21-15)20-11-3-7-13(8-4-11)23-12-5-1-10(2-6-12)19-14(22)9-18/h1-8H,(H,19,22). The molecule has 2 aromatic carbocycles. The van der Waals surface area contributed by atoms with E-state index >= 15 is 0 Å². The smallest absolute Gasteiger partial charge is 0.182 e. The van der Waals surface area contributed by atoms with Crippen LogP contribution in [0.25, 0.3) is 0 Å². The van der Waals surface area contributed by atoms with Crippen molar-refractivity contribution in [2.75, 3.05) is 5.32 Å². The fourth-order valence-electron chi connectivity index (χ4n) is 1.83. The maximum Gasteiger partial charge on any atom is 0.182 e. The molecule has 124 valence electrons. The van der Waals surface area contributed by atoms with Crippen LogP contribution < -0.4 is 9.99 Å². The molecule has 0 aliphatic heterocycles. The Morgan fingerprint density at radius 3 is 2.36 bits per heavy atom. The van der Waals surface area contributed by atoms with Crippen LogP contribution in [-0.4, -0.2) is 9.36 Å². The van der Waals surface area contributed by atoms with Gasteiger partial charge in [0.1, 0.15) is 6.07 Å². The Hall–Kier alpha value is -1.76. The van der Waals surface area contributed by atoms with Crippen molar-refractivity contribution < 1.29 is 0 Å². The summed E-state index contributed by atoms with van der Waals surface area (Å²) in [5.74, 6) is 0. The number of halogens is 1. The topological polar surface area (TPSA) is 61.1 Å². The van der Waals surface area contributed by atoms with Crippen LogP contribution in [0.2, 0.25) is 5.15 Å². The molecule has 3 rings (SSSR count). The molecule has 4 nitrogen and oxygen atoms in total. The Morgan fingerprint density at radius 1 is 1.16 bits per heavy atom. The van der Waals surface area contributed by atoms with Crippen LogP contribution >= 0.6 is 56.5 Å². The summed E-state index contributed by atoms with van der Waals surface area (Å²) in [5, 5.41) is 12.0. The van der Waals surface area contributed by atoms with Gasteiger partial charge in [0.15, 0.2) is 14.8 Å². The molecule has 3 aromatic rings. The Labute approximate surface area is 166 Å². The van der Waals surface area contributed by atoms with Crippen molar-refractivity contribution in [3.63, 3.8) is 0 Å². The third-order valence-electron chi connectivity index (χ3n) is 2.93. The lowest BCUT2D eigenvalue weighted by Crippen LogP contribution is -2.04. The molecule has 1 heterocycles. The van der Waals surface area contributed by atoms with Gasteiger partial charge < -0.3 is 5.32 Å². The first-order chi connectivity index (χ1) is 12.1. The maximum absolute atomic E-state index is 8.69. The number of benzene rings is 2. The summed E-state index contributed by atoms with van der Waals surface area (Å²) in [6.07, 6.45) is 0. The molecule has 0 fully saturated rings. The van der Waals surface area contributed by atoms with Crippen LogP contribution in [0, 0.1) is 11.3 Å². The van der Waals surface area contributed by atoms with Crippen molar-refractivity contribution in [2.45, 2.75) is 9.79 Å². The summed E-state index contributed by atoms with van der Waals surface area (Å²) in [4.78, 5) is 6.82. The summed E-state index contributed by atoms with van der Waals surface area (Å²) in [6, 6.07) is 17.5. The molecule has 1 aromatic heterocycles. The number of aromatic nitrogens is 1. The van der Waals surface area contributed by atoms with Crippen molar-refractivity contribution in [1.29, 1.82) is 5.26 Å². The Bertz CT molecular complexity index is 984. The quantitative estimate of drug-likeness (QED) is 0.445. The second-order valence-electron chi connectivity index (χ2n) is 4.64. The average molecular weight is 421 g/mol. The molecule has 0 aliphatic rings. The third kappa shape index (κ3) is 5.11. The molecule has 25 heavy (non-hydrogen) atoms. The summed E-state index contributed by atoms with van der Waals surface area (Å²) < 4.78 is 4.74. The number of nitrogens with one attached hydrogen (secondary N) is 1. The van der Waals surface area contributed by atoms with Gasteiger partial charge in [-0.25, -0.2) is 4.99 Å². The molecule has 0 aliphatic carbocycles. The van der Waals surface area contributed by atoms with Crippen LogP contribution in [0.3, 0.4) is 0 Å². The molecule has 0 bridgehead atoms. The number of nitrogens with zero attached hydrogens (tertiary/aromatic N) is 3. The van der Waals surface area contributed by atoms with Crippen LogP contribution in [0.4, 0.5) is 11.4 Å².